The molecule has 0 aliphatic carbocycles. The lowest BCUT2D eigenvalue weighted by molar-refractivity contribution is -0.132. The second-order valence-corrected chi connectivity index (χ2v) is 6.48. The summed E-state index contributed by atoms with van der Waals surface area (Å²) in [4.78, 5) is 31.5. The van der Waals surface area contributed by atoms with Gasteiger partial charge in [0.1, 0.15) is 6.61 Å². The van der Waals surface area contributed by atoms with Crippen LogP contribution in [0, 0.1) is 0 Å². The smallest absolute Gasteiger partial charge is 0.258 e. The lowest BCUT2D eigenvalue weighted by atomic mass is 10.2. The Kier molecular flexibility index (Phi) is 6.94. The van der Waals surface area contributed by atoms with Crippen molar-refractivity contribution in [2.24, 2.45) is 0 Å². The highest BCUT2D eigenvalue weighted by Crippen LogP contribution is 2.23. The van der Waals surface area contributed by atoms with Crippen molar-refractivity contribution in [2.45, 2.75) is 13.5 Å². The van der Waals surface area contributed by atoms with Crippen molar-refractivity contribution in [1.82, 2.24) is 20.4 Å². The zero-order chi connectivity index (χ0) is 20.6. The summed E-state index contributed by atoms with van der Waals surface area (Å²) >= 11 is 6.15. The predicted molar refractivity (Wildman–Crippen MR) is 110 cm³/mol. The van der Waals surface area contributed by atoms with Crippen molar-refractivity contribution < 1.29 is 14.3 Å². The molecule has 2 aromatic carbocycles. The van der Waals surface area contributed by atoms with E-state index >= 15 is 0 Å². The van der Waals surface area contributed by atoms with Gasteiger partial charge in [-0.3, -0.25) is 14.6 Å². The number of aromatic nitrogens is 2. The fraction of sp³-hybridized carbons (Fsp3) is 0.200. The lowest BCUT2D eigenvalue weighted by Crippen LogP contribution is -2.43. The van der Waals surface area contributed by atoms with Gasteiger partial charge < -0.3 is 10.1 Å². The monoisotopic (exact) mass is 413 g/mol. The summed E-state index contributed by atoms with van der Waals surface area (Å²) in [5.41, 5.74) is 5.19. The zero-order valence-corrected chi connectivity index (χ0v) is 16.5. The number of anilines is 1. The number of rotatable bonds is 9. The molecule has 2 N–H and O–H groups in total. The molecule has 8 nitrogen and oxygen atoms in total. The Labute approximate surface area is 172 Å². The van der Waals surface area contributed by atoms with E-state index in [0.717, 1.165) is 5.56 Å². The topological polar surface area (TPSA) is 96.5 Å². The van der Waals surface area contributed by atoms with E-state index in [1.165, 1.54) is 11.9 Å². The molecular formula is C20H20ClN5O3. The average molecular weight is 414 g/mol. The van der Waals surface area contributed by atoms with Crippen LogP contribution in [0.3, 0.4) is 0 Å². The van der Waals surface area contributed by atoms with Crippen LogP contribution in [-0.4, -0.2) is 40.4 Å². The van der Waals surface area contributed by atoms with Gasteiger partial charge in [-0.25, -0.2) is 15.4 Å². The van der Waals surface area contributed by atoms with Gasteiger partial charge >= 0.3 is 0 Å². The number of carbonyl (C=O) groups is 2. The van der Waals surface area contributed by atoms with Crippen molar-refractivity contribution in [2.75, 3.05) is 18.5 Å². The molecule has 0 unspecified atom stereocenters. The van der Waals surface area contributed by atoms with Crippen molar-refractivity contribution in [3.8, 4) is 5.88 Å². The minimum Gasteiger partial charge on any atom is -0.473 e. The van der Waals surface area contributed by atoms with Gasteiger partial charge in [0, 0.05) is 18.5 Å². The fourth-order valence-corrected chi connectivity index (χ4v) is 2.84. The Hall–Kier alpha value is -3.23. The van der Waals surface area contributed by atoms with Crippen molar-refractivity contribution in [1.29, 1.82) is 0 Å². The molecule has 3 aromatic rings. The van der Waals surface area contributed by atoms with Gasteiger partial charge in [0.2, 0.25) is 12.3 Å². The summed E-state index contributed by atoms with van der Waals surface area (Å²) in [6, 6.07) is 14.7. The summed E-state index contributed by atoms with van der Waals surface area (Å²) in [5, 5.41) is 4.55. The number of fused-ring (bicyclic) bond motifs is 1. The van der Waals surface area contributed by atoms with Crippen molar-refractivity contribution in [3.05, 3.63) is 59.1 Å². The van der Waals surface area contributed by atoms with E-state index in [0.29, 0.717) is 29.0 Å². The summed E-state index contributed by atoms with van der Waals surface area (Å²) in [6.07, 6.45) is 0.513. The largest absolute Gasteiger partial charge is 0.473 e. The molecule has 0 aliphatic heterocycles. The van der Waals surface area contributed by atoms with Crippen LogP contribution in [0.25, 0.3) is 11.0 Å². The van der Waals surface area contributed by atoms with E-state index in [4.69, 9.17) is 16.3 Å². The third-order valence-corrected chi connectivity index (χ3v) is 4.45. The molecule has 2 amide bonds. The first-order valence-electron chi connectivity index (χ1n) is 8.93. The van der Waals surface area contributed by atoms with Crippen molar-refractivity contribution >= 4 is 40.8 Å². The van der Waals surface area contributed by atoms with E-state index in [-0.39, 0.29) is 30.8 Å². The standard InChI is InChI=1S/C20H20ClN5O3/c1-14(28)26(23-12-15-6-2-3-7-16(15)21)10-11-29-20-19(22-13-27)24-17-8-4-5-9-18(17)25-20/h2-9,13,23H,10-12H2,1H3,(H,22,24,27). The molecule has 0 bridgehead atoms. The van der Waals surface area contributed by atoms with Gasteiger partial charge in [0.25, 0.3) is 5.88 Å². The molecule has 0 aliphatic rings. The van der Waals surface area contributed by atoms with Crippen LogP contribution in [0.4, 0.5) is 5.82 Å². The second kappa shape index (κ2) is 9.81. The quantitative estimate of drug-likeness (QED) is 0.413. The molecule has 9 heteroatoms. The molecule has 3 rings (SSSR count). The predicted octanol–water partition coefficient (Wildman–Crippen LogP) is 2.78. The SMILES string of the molecule is CC(=O)N(CCOc1nc2ccccc2nc1NC=O)NCc1ccccc1Cl. The fourth-order valence-electron chi connectivity index (χ4n) is 2.64. The molecule has 0 fully saturated rings. The zero-order valence-electron chi connectivity index (χ0n) is 15.8. The molecule has 1 aromatic heterocycles. The highest BCUT2D eigenvalue weighted by Gasteiger charge is 2.13. The number of amides is 2. The number of benzene rings is 2. The summed E-state index contributed by atoms with van der Waals surface area (Å²) in [6.45, 7) is 2.26. The third kappa shape index (κ3) is 5.40. The number of hydrogen-bond donors (Lipinski definition) is 2. The van der Waals surface area contributed by atoms with Crippen LogP contribution in [0.5, 0.6) is 5.88 Å². The normalized spacial score (nSPS) is 10.6. The van der Waals surface area contributed by atoms with Crippen LogP contribution < -0.4 is 15.5 Å². The molecule has 150 valence electrons. The van der Waals surface area contributed by atoms with Gasteiger partial charge in [-0.2, -0.15) is 0 Å². The van der Waals surface area contributed by atoms with Crippen LogP contribution in [0.15, 0.2) is 48.5 Å². The molecule has 1 heterocycles. The Morgan fingerprint density at radius 2 is 1.83 bits per heavy atom. The van der Waals surface area contributed by atoms with E-state index < -0.39 is 0 Å². The number of nitrogens with zero attached hydrogens (tertiary/aromatic N) is 3. The first-order valence-corrected chi connectivity index (χ1v) is 9.31. The maximum Gasteiger partial charge on any atom is 0.258 e. The van der Waals surface area contributed by atoms with Crippen LogP contribution >= 0.6 is 11.6 Å². The summed E-state index contributed by atoms with van der Waals surface area (Å²) < 4.78 is 5.70. The molecule has 0 saturated carbocycles. The number of hydrazine groups is 1. The number of hydrogen-bond acceptors (Lipinski definition) is 6. The highest BCUT2D eigenvalue weighted by molar-refractivity contribution is 6.31. The van der Waals surface area contributed by atoms with Crippen molar-refractivity contribution in [3.63, 3.8) is 0 Å². The van der Waals surface area contributed by atoms with Gasteiger partial charge in [0.05, 0.1) is 17.6 Å². The van der Waals surface area contributed by atoms with E-state index in [2.05, 4.69) is 20.7 Å². The minimum absolute atomic E-state index is 0.148. The van der Waals surface area contributed by atoms with Gasteiger partial charge in [0.15, 0.2) is 5.82 Å². The Morgan fingerprint density at radius 3 is 2.52 bits per heavy atom. The number of para-hydroxylation sites is 2. The maximum atomic E-state index is 11.9. The number of carbonyl (C=O) groups excluding carboxylic acids is 2. The lowest BCUT2D eigenvalue weighted by Gasteiger charge is -2.22. The average Bonchev–Trinajstić information content (AvgIpc) is 2.71. The Morgan fingerprint density at radius 1 is 1.14 bits per heavy atom. The second-order valence-electron chi connectivity index (χ2n) is 6.07. The molecule has 0 atom stereocenters. The van der Waals surface area contributed by atoms with E-state index in [1.807, 2.05) is 30.3 Å². The van der Waals surface area contributed by atoms with Crippen LogP contribution in [0.2, 0.25) is 5.02 Å². The number of halogens is 1. The molecular weight excluding hydrogens is 394 g/mol. The Balaban J connectivity index is 1.64. The summed E-state index contributed by atoms with van der Waals surface area (Å²) in [7, 11) is 0. The van der Waals surface area contributed by atoms with Gasteiger partial charge in [-0.05, 0) is 23.8 Å². The molecule has 0 radical (unpaired) electrons. The molecule has 29 heavy (non-hydrogen) atoms. The molecule has 0 saturated heterocycles. The van der Waals surface area contributed by atoms with Crippen LogP contribution in [-0.2, 0) is 16.1 Å². The van der Waals surface area contributed by atoms with Gasteiger partial charge in [-0.15, -0.1) is 0 Å². The van der Waals surface area contributed by atoms with E-state index in [9.17, 15) is 9.59 Å². The first kappa shape index (κ1) is 20.5. The number of ether oxygens (including phenoxy) is 1. The van der Waals surface area contributed by atoms with Gasteiger partial charge in [-0.1, -0.05) is 41.9 Å². The summed E-state index contributed by atoms with van der Waals surface area (Å²) in [5.74, 6) is 0.235. The minimum atomic E-state index is -0.170. The highest BCUT2D eigenvalue weighted by atomic mass is 35.5. The number of nitrogens with one attached hydrogen (secondary N) is 2. The maximum absolute atomic E-state index is 11.9. The first-order chi connectivity index (χ1) is 14.1. The third-order valence-electron chi connectivity index (χ3n) is 4.09. The van der Waals surface area contributed by atoms with Crippen LogP contribution in [0.1, 0.15) is 12.5 Å². The molecule has 0 spiro atoms. The van der Waals surface area contributed by atoms with E-state index in [1.54, 1.807) is 18.2 Å². The Bertz CT molecular complexity index is 1010.